The maximum absolute atomic E-state index is 13.1. The first-order valence-electron chi connectivity index (χ1n) is 8.75. The van der Waals surface area contributed by atoms with Crippen LogP contribution in [-0.2, 0) is 12.6 Å². The molecule has 4 aromatic rings. The molecular formula is C21H16F3N4O. The summed E-state index contributed by atoms with van der Waals surface area (Å²) in [5.41, 5.74) is 2.38. The molecule has 0 saturated heterocycles. The van der Waals surface area contributed by atoms with Crippen LogP contribution in [0.2, 0.25) is 0 Å². The van der Waals surface area contributed by atoms with Gasteiger partial charge in [-0.05, 0) is 34.9 Å². The van der Waals surface area contributed by atoms with Crippen molar-refractivity contribution in [2.75, 3.05) is 7.11 Å². The maximum atomic E-state index is 13.1. The molecule has 0 bridgehead atoms. The SMILES string of the molecule is COc1cnc2[nH]cc(Cc3ccc([CH]c4cnccc4C(F)(F)F)nc3)c2c1. The Kier molecular flexibility index (Phi) is 4.92. The van der Waals surface area contributed by atoms with Crippen molar-refractivity contribution < 1.29 is 17.9 Å². The molecule has 0 saturated carbocycles. The average Bonchev–Trinajstić information content (AvgIpc) is 3.11. The maximum Gasteiger partial charge on any atom is 0.416 e. The summed E-state index contributed by atoms with van der Waals surface area (Å²) in [6.07, 6.45) is 5.02. The zero-order chi connectivity index (χ0) is 20.4. The Hall–Kier alpha value is -3.42. The van der Waals surface area contributed by atoms with E-state index in [1.165, 1.54) is 12.6 Å². The summed E-state index contributed by atoms with van der Waals surface area (Å²) in [6.45, 7) is 0. The largest absolute Gasteiger partial charge is 0.495 e. The number of H-pyrrole nitrogens is 1. The fourth-order valence-corrected chi connectivity index (χ4v) is 3.08. The quantitative estimate of drug-likeness (QED) is 0.536. The highest BCUT2D eigenvalue weighted by Gasteiger charge is 2.33. The predicted octanol–water partition coefficient (Wildman–Crippen LogP) is 4.57. The minimum Gasteiger partial charge on any atom is -0.495 e. The van der Waals surface area contributed by atoms with Crippen LogP contribution >= 0.6 is 0 Å². The van der Waals surface area contributed by atoms with E-state index in [1.807, 2.05) is 18.3 Å². The minimum atomic E-state index is -4.45. The number of ether oxygens (including phenoxy) is 1. The fourth-order valence-electron chi connectivity index (χ4n) is 3.08. The van der Waals surface area contributed by atoms with Crippen LogP contribution in [0.25, 0.3) is 11.0 Å². The van der Waals surface area contributed by atoms with Crippen molar-refractivity contribution in [3.05, 3.63) is 89.6 Å². The van der Waals surface area contributed by atoms with Gasteiger partial charge in [0.15, 0.2) is 0 Å². The van der Waals surface area contributed by atoms with Gasteiger partial charge in [0.1, 0.15) is 11.4 Å². The molecule has 0 atom stereocenters. The van der Waals surface area contributed by atoms with Gasteiger partial charge in [-0.2, -0.15) is 13.2 Å². The lowest BCUT2D eigenvalue weighted by molar-refractivity contribution is -0.138. The zero-order valence-corrected chi connectivity index (χ0v) is 15.4. The molecule has 5 nitrogen and oxygen atoms in total. The molecule has 0 aromatic carbocycles. The summed E-state index contributed by atoms with van der Waals surface area (Å²) in [5, 5.41) is 0.949. The third-order valence-corrected chi connectivity index (χ3v) is 4.53. The van der Waals surface area contributed by atoms with Crippen LogP contribution in [0.3, 0.4) is 0 Å². The molecule has 0 fully saturated rings. The molecule has 0 spiro atoms. The van der Waals surface area contributed by atoms with Gasteiger partial charge in [-0.15, -0.1) is 0 Å². The number of halogens is 3. The average molecular weight is 397 g/mol. The number of fused-ring (bicyclic) bond motifs is 1. The van der Waals surface area contributed by atoms with Gasteiger partial charge >= 0.3 is 6.18 Å². The lowest BCUT2D eigenvalue weighted by Gasteiger charge is -2.11. The van der Waals surface area contributed by atoms with E-state index in [0.29, 0.717) is 17.9 Å². The molecule has 0 aliphatic rings. The van der Waals surface area contributed by atoms with Crippen LogP contribution < -0.4 is 4.74 Å². The number of hydrogen-bond acceptors (Lipinski definition) is 4. The third-order valence-electron chi connectivity index (χ3n) is 4.53. The summed E-state index contributed by atoms with van der Waals surface area (Å²) in [6, 6.07) is 6.40. The van der Waals surface area contributed by atoms with E-state index in [0.717, 1.165) is 34.4 Å². The first kappa shape index (κ1) is 18.9. The summed E-state index contributed by atoms with van der Waals surface area (Å²) >= 11 is 0. The smallest absolute Gasteiger partial charge is 0.416 e. The fraction of sp³-hybridized carbons (Fsp3) is 0.143. The van der Waals surface area contributed by atoms with Gasteiger partial charge in [0.25, 0.3) is 0 Å². The van der Waals surface area contributed by atoms with Gasteiger partial charge in [-0.1, -0.05) is 6.07 Å². The van der Waals surface area contributed by atoms with Gasteiger partial charge in [0.05, 0.1) is 18.9 Å². The molecule has 0 unspecified atom stereocenters. The van der Waals surface area contributed by atoms with Crippen molar-refractivity contribution in [3.63, 3.8) is 0 Å². The van der Waals surface area contributed by atoms with E-state index in [1.54, 1.807) is 25.6 Å². The van der Waals surface area contributed by atoms with Gasteiger partial charge in [-0.25, -0.2) is 4.98 Å². The second kappa shape index (κ2) is 7.54. The summed E-state index contributed by atoms with van der Waals surface area (Å²) in [4.78, 5) is 15.5. The summed E-state index contributed by atoms with van der Waals surface area (Å²) in [7, 11) is 1.58. The number of aromatic amines is 1. The molecule has 1 N–H and O–H groups in total. The summed E-state index contributed by atoms with van der Waals surface area (Å²) < 4.78 is 44.6. The highest BCUT2D eigenvalue weighted by molar-refractivity contribution is 5.81. The van der Waals surface area contributed by atoms with Gasteiger partial charge < -0.3 is 9.72 Å². The van der Waals surface area contributed by atoms with Crippen molar-refractivity contribution in [2.24, 2.45) is 0 Å². The first-order chi connectivity index (χ1) is 13.9. The molecule has 4 heterocycles. The van der Waals surface area contributed by atoms with E-state index in [4.69, 9.17) is 4.74 Å². The Bertz CT molecular complexity index is 1140. The highest BCUT2D eigenvalue weighted by Crippen LogP contribution is 2.32. The van der Waals surface area contributed by atoms with E-state index >= 15 is 0 Å². The minimum absolute atomic E-state index is 0.0185. The van der Waals surface area contributed by atoms with Crippen molar-refractivity contribution in [2.45, 2.75) is 12.6 Å². The van der Waals surface area contributed by atoms with Crippen LogP contribution in [0, 0.1) is 6.42 Å². The second-order valence-corrected chi connectivity index (χ2v) is 6.46. The monoisotopic (exact) mass is 397 g/mol. The molecule has 0 amide bonds. The Morgan fingerprint density at radius 2 is 1.97 bits per heavy atom. The number of alkyl halides is 3. The Balaban J connectivity index is 1.54. The van der Waals surface area contributed by atoms with E-state index in [-0.39, 0.29) is 5.56 Å². The Morgan fingerprint density at radius 3 is 2.69 bits per heavy atom. The Labute approximate surface area is 164 Å². The zero-order valence-electron chi connectivity index (χ0n) is 15.4. The van der Waals surface area contributed by atoms with Crippen LogP contribution in [0.1, 0.15) is 27.9 Å². The molecule has 147 valence electrons. The van der Waals surface area contributed by atoms with E-state index in [9.17, 15) is 13.2 Å². The van der Waals surface area contributed by atoms with Crippen molar-refractivity contribution in [3.8, 4) is 5.75 Å². The number of hydrogen-bond donors (Lipinski definition) is 1. The molecule has 4 rings (SSSR count). The number of aromatic nitrogens is 4. The molecule has 0 aliphatic heterocycles. The van der Waals surface area contributed by atoms with E-state index < -0.39 is 11.7 Å². The number of pyridine rings is 3. The molecular weight excluding hydrogens is 381 g/mol. The molecule has 0 aliphatic carbocycles. The number of rotatable bonds is 5. The first-order valence-corrected chi connectivity index (χ1v) is 8.75. The lowest BCUT2D eigenvalue weighted by Crippen LogP contribution is -2.09. The van der Waals surface area contributed by atoms with Gasteiger partial charge in [-0.3, -0.25) is 9.97 Å². The van der Waals surface area contributed by atoms with Crippen LogP contribution in [-0.4, -0.2) is 27.0 Å². The highest BCUT2D eigenvalue weighted by atomic mass is 19.4. The van der Waals surface area contributed by atoms with Crippen molar-refractivity contribution in [1.29, 1.82) is 0 Å². The van der Waals surface area contributed by atoms with Crippen molar-refractivity contribution in [1.82, 2.24) is 19.9 Å². The normalized spacial score (nSPS) is 11.7. The molecule has 29 heavy (non-hydrogen) atoms. The number of nitrogens with zero attached hydrogens (tertiary/aromatic N) is 3. The van der Waals surface area contributed by atoms with Gasteiger partial charge in [0, 0.05) is 48.7 Å². The number of nitrogens with one attached hydrogen (secondary N) is 1. The molecule has 8 heteroatoms. The van der Waals surface area contributed by atoms with Gasteiger partial charge in [0.2, 0.25) is 0 Å². The van der Waals surface area contributed by atoms with E-state index in [2.05, 4.69) is 19.9 Å². The topological polar surface area (TPSA) is 63.7 Å². The number of methoxy groups -OCH3 is 1. The van der Waals surface area contributed by atoms with Crippen LogP contribution in [0.4, 0.5) is 13.2 Å². The Morgan fingerprint density at radius 1 is 1.10 bits per heavy atom. The second-order valence-electron chi connectivity index (χ2n) is 6.46. The van der Waals surface area contributed by atoms with Crippen LogP contribution in [0.15, 0.2) is 55.2 Å². The standard InChI is InChI=1S/C21H16F3N4O/c1-29-17-8-18-14(11-27-20(18)28-12-17)6-13-2-3-16(26-9-13)7-15-10-25-5-4-19(15)21(22,23)24/h2-5,7-12H,6H2,1H3,(H,27,28). The van der Waals surface area contributed by atoms with Crippen LogP contribution in [0.5, 0.6) is 5.75 Å². The summed E-state index contributed by atoms with van der Waals surface area (Å²) in [5.74, 6) is 0.665. The third kappa shape index (κ3) is 4.06. The predicted molar refractivity (Wildman–Crippen MR) is 101 cm³/mol. The lowest BCUT2D eigenvalue weighted by atomic mass is 10.0. The molecule has 4 aromatic heterocycles. The molecule has 1 radical (unpaired) electrons. The van der Waals surface area contributed by atoms with Crippen molar-refractivity contribution >= 4 is 11.0 Å².